The van der Waals surface area contributed by atoms with Crippen LogP contribution < -0.4 is 15.4 Å². The third-order valence-electron chi connectivity index (χ3n) is 5.40. The number of carboxylic acids is 1. The van der Waals surface area contributed by atoms with Crippen molar-refractivity contribution in [3.05, 3.63) is 59.7 Å². The number of nitrogens with one attached hydrogen (secondary N) is 2. The van der Waals surface area contributed by atoms with E-state index in [0.29, 0.717) is 23.7 Å². The third-order valence-corrected chi connectivity index (χ3v) is 6.43. The first-order chi connectivity index (χ1) is 17.6. The predicted octanol–water partition coefficient (Wildman–Crippen LogP) is 2.94. The van der Waals surface area contributed by atoms with Gasteiger partial charge < -0.3 is 25.6 Å². The molecule has 0 spiro atoms. The van der Waals surface area contributed by atoms with Crippen LogP contribution in [0.1, 0.15) is 38.3 Å². The molecule has 0 fully saturated rings. The van der Waals surface area contributed by atoms with Crippen LogP contribution in [0.25, 0.3) is 0 Å². The number of amides is 2. The number of aromatic hydroxyl groups is 1. The van der Waals surface area contributed by atoms with Gasteiger partial charge in [-0.1, -0.05) is 44.2 Å². The Balaban J connectivity index is 2.04. The van der Waals surface area contributed by atoms with E-state index in [-0.39, 0.29) is 23.8 Å². The number of ether oxygens (including phenoxy) is 1. The van der Waals surface area contributed by atoms with Gasteiger partial charge in [0, 0.05) is 11.3 Å². The number of phenolic OH excluding ortho intramolecular Hbond substituents is 1. The summed E-state index contributed by atoms with van der Waals surface area (Å²) < 4.78 is 5.50. The Bertz CT molecular complexity index is 1080. The first kappa shape index (κ1) is 29.7. The molecule has 2 rings (SSSR count). The van der Waals surface area contributed by atoms with Crippen LogP contribution in [0.15, 0.2) is 48.5 Å². The Labute approximate surface area is 221 Å². The number of Topliss-reactive ketones (excluding diaryl/α,β-unsaturated/α-hetero) is 1. The van der Waals surface area contributed by atoms with Gasteiger partial charge in [0.25, 0.3) is 0 Å². The van der Waals surface area contributed by atoms with Crippen molar-refractivity contribution in [3.63, 3.8) is 0 Å². The molecular weight excluding hydrogens is 496 g/mol. The van der Waals surface area contributed by atoms with Crippen molar-refractivity contribution in [2.45, 2.75) is 51.4 Å². The molecule has 10 heteroatoms. The fourth-order valence-corrected chi connectivity index (χ4v) is 4.49. The molecule has 200 valence electrons. The largest absolute Gasteiger partial charge is 0.508 e. The summed E-state index contributed by atoms with van der Waals surface area (Å²) in [6, 6.07) is 11.8. The maximum absolute atomic E-state index is 13.0. The van der Waals surface area contributed by atoms with E-state index in [2.05, 4.69) is 10.6 Å². The Morgan fingerprint density at radius 2 is 1.73 bits per heavy atom. The molecule has 0 aliphatic rings. The zero-order chi connectivity index (χ0) is 27.4. The average Bonchev–Trinajstić information content (AvgIpc) is 2.84. The van der Waals surface area contributed by atoms with Gasteiger partial charge in [-0.2, -0.15) is 0 Å². The van der Waals surface area contributed by atoms with Gasteiger partial charge in [-0.3, -0.25) is 19.2 Å². The lowest BCUT2D eigenvalue weighted by molar-refractivity contribution is -0.140. The SMILES string of the molecule is CCOc1ccc(O)cc1CC(=O)NC(C(=O)NC(CC(=O)O)C(=O)CSCc1ccccc1)C(C)C. The molecule has 2 aromatic carbocycles. The van der Waals surface area contributed by atoms with Crippen LogP contribution >= 0.6 is 11.8 Å². The van der Waals surface area contributed by atoms with E-state index in [1.54, 1.807) is 26.8 Å². The van der Waals surface area contributed by atoms with Gasteiger partial charge in [0.05, 0.1) is 31.2 Å². The van der Waals surface area contributed by atoms with E-state index in [1.165, 1.54) is 23.9 Å². The fraction of sp³-hybridized carbons (Fsp3) is 0.407. The molecule has 37 heavy (non-hydrogen) atoms. The Morgan fingerprint density at radius 1 is 1.03 bits per heavy atom. The number of ketones is 1. The molecule has 0 saturated heterocycles. The molecular formula is C27H34N2O7S. The highest BCUT2D eigenvalue weighted by atomic mass is 32.2. The standard InChI is InChI=1S/C27H34N2O7S/c1-4-36-23-11-10-20(30)12-19(23)13-24(32)29-26(17(2)3)27(35)28-21(14-25(33)34)22(31)16-37-15-18-8-6-5-7-9-18/h5-12,17,21,26,30H,4,13-16H2,1-3H3,(H,28,35)(H,29,32)(H,33,34). The molecule has 0 saturated carbocycles. The monoisotopic (exact) mass is 530 g/mol. The summed E-state index contributed by atoms with van der Waals surface area (Å²) in [7, 11) is 0. The van der Waals surface area contributed by atoms with Crippen LogP contribution in [0.3, 0.4) is 0 Å². The van der Waals surface area contributed by atoms with E-state index < -0.39 is 42.1 Å². The number of benzene rings is 2. The average molecular weight is 531 g/mol. The first-order valence-electron chi connectivity index (χ1n) is 12.0. The number of aliphatic carboxylic acids is 1. The molecule has 9 nitrogen and oxygen atoms in total. The minimum absolute atomic E-state index is 0.0236. The number of thioether (sulfide) groups is 1. The number of carboxylic acid groups (broad SMARTS) is 1. The summed E-state index contributed by atoms with van der Waals surface area (Å²) >= 11 is 1.33. The van der Waals surface area contributed by atoms with Crippen molar-refractivity contribution < 1.29 is 34.1 Å². The Morgan fingerprint density at radius 3 is 2.35 bits per heavy atom. The summed E-state index contributed by atoms with van der Waals surface area (Å²) in [5.74, 6) is -2.07. The van der Waals surface area contributed by atoms with Crippen molar-refractivity contribution in [1.29, 1.82) is 0 Å². The lowest BCUT2D eigenvalue weighted by Gasteiger charge is -2.25. The van der Waals surface area contributed by atoms with Crippen LogP contribution in [0, 0.1) is 5.92 Å². The third kappa shape index (κ3) is 10.2. The molecule has 2 atom stereocenters. The minimum atomic E-state index is -1.22. The number of carbonyl (C=O) groups is 4. The molecule has 0 aromatic heterocycles. The van der Waals surface area contributed by atoms with Crippen molar-refractivity contribution in [2.24, 2.45) is 5.92 Å². The van der Waals surface area contributed by atoms with Crippen LogP contribution in [0.5, 0.6) is 11.5 Å². The summed E-state index contributed by atoms with van der Waals surface area (Å²) in [5, 5.41) is 24.3. The second-order valence-corrected chi connectivity index (χ2v) is 9.78. The Hall–Kier alpha value is -3.53. The zero-order valence-corrected chi connectivity index (χ0v) is 22.0. The molecule has 0 bridgehead atoms. The van der Waals surface area contributed by atoms with Crippen molar-refractivity contribution in [2.75, 3.05) is 12.4 Å². The predicted molar refractivity (Wildman–Crippen MR) is 142 cm³/mol. The molecule has 2 amide bonds. The highest BCUT2D eigenvalue weighted by molar-refractivity contribution is 7.99. The van der Waals surface area contributed by atoms with E-state index in [0.717, 1.165) is 5.56 Å². The molecule has 0 radical (unpaired) electrons. The van der Waals surface area contributed by atoms with Crippen molar-refractivity contribution >= 4 is 35.3 Å². The van der Waals surface area contributed by atoms with Crippen molar-refractivity contribution in [3.8, 4) is 11.5 Å². The van der Waals surface area contributed by atoms with Gasteiger partial charge in [-0.15, -0.1) is 11.8 Å². The maximum Gasteiger partial charge on any atom is 0.305 e. The van der Waals surface area contributed by atoms with Crippen LogP contribution in [0.4, 0.5) is 0 Å². The molecule has 0 heterocycles. The van der Waals surface area contributed by atoms with E-state index in [9.17, 15) is 29.4 Å². The molecule has 0 aliphatic carbocycles. The van der Waals surface area contributed by atoms with Gasteiger partial charge in [-0.25, -0.2) is 0 Å². The molecule has 2 unspecified atom stereocenters. The second-order valence-electron chi connectivity index (χ2n) is 8.79. The second kappa shape index (κ2) is 14.9. The van der Waals surface area contributed by atoms with E-state index in [4.69, 9.17) is 4.74 Å². The number of hydrogen-bond donors (Lipinski definition) is 4. The van der Waals surface area contributed by atoms with Crippen LogP contribution in [-0.4, -0.2) is 58.2 Å². The lowest BCUT2D eigenvalue weighted by atomic mass is 10.0. The smallest absolute Gasteiger partial charge is 0.305 e. The lowest BCUT2D eigenvalue weighted by Crippen LogP contribution is -2.54. The minimum Gasteiger partial charge on any atom is -0.508 e. The molecule has 2 aromatic rings. The number of phenols is 1. The van der Waals surface area contributed by atoms with Gasteiger partial charge in [-0.05, 0) is 36.6 Å². The van der Waals surface area contributed by atoms with Gasteiger partial charge in [0.2, 0.25) is 11.8 Å². The number of rotatable bonds is 15. The van der Waals surface area contributed by atoms with Gasteiger partial charge >= 0.3 is 5.97 Å². The Kier molecular flexibility index (Phi) is 12.0. The van der Waals surface area contributed by atoms with Gasteiger partial charge in [0.15, 0.2) is 5.78 Å². The molecule has 0 aliphatic heterocycles. The highest BCUT2D eigenvalue weighted by Gasteiger charge is 2.30. The topological polar surface area (TPSA) is 142 Å². The first-order valence-corrected chi connectivity index (χ1v) is 13.2. The summed E-state index contributed by atoms with van der Waals surface area (Å²) in [5.41, 5.74) is 1.48. The summed E-state index contributed by atoms with van der Waals surface area (Å²) in [6.07, 6.45) is -0.704. The zero-order valence-electron chi connectivity index (χ0n) is 21.2. The van der Waals surface area contributed by atoms with Crippen molar-refractivity contribution in [1.82, 2.24) is 10.6 Å². The van der Waals surface area contributed by atoms with Gasteiger partial charge in [0.1, 0.15) is 17.5 Å². The fourth-order valence-electron chi connectivity index (χ4n) is 3.56. The molecule has 4 N–H and O–H groups in total. The number of carbonyl (C=O) groups excluding carboxylic acids is 3. The van der Waals surface area contributed by atoms with E-state index in [1.807, 2.05) is 30.3 Å². The summed E-state index contributed by atoms with van der Waals surface area (Å²) in [6.45, 7) is 5.63. The van der Waals surface area contributed by atoms with E-state index >= 15 is 0 Å². The van der Waals surface area contributed by atoms with Crippen LogP contribution in [-0.2, 0) is 31.4 Å². The summed E-state index contributed by atoms with van der Waals surface area (Å²) in [4.78, 5) is 50.0. The highest BCUT2D eigenvalue weighted by Crippen LogP contribution is 2.24. The quantitative estimate of drug-likeness (QED) is 0.275. The normalized spacial score (nSPS) is 12.4. The van der Waals surface area contributed by atoms with Crippen LogP contribution in [0.2, 0.25) is 0 Å². The number of hydrogen-bond acceptors (Lipinski definition) is 7. The maximum atomic E-state index is 13.0.